The van der Waals surface area contributed by atoms with Crippen molar-refractivity contribution in [1.82, 2.24) is 0 Å². The SMILES string of the molecule is C=CCN(CC(=O)O)c1c([N+](=O)[O-])ccc(F)c1F. The maximum atomic E-state index is 13.7. The van der Waals surface area contributed by atoms with E-state index in [1.165, 1.54) is 6.08 Å². The highest BCUT2D eigenvalue weighted by atomic mass is 19.2. The zero-order chi connectivity index (χ0) is 14.6. The minimum absolute atomic E-state index is 0.173. The average molecular weight is 272 g/mol. The Hall–Kier alpha value is -2.51. The van der Waals surface area contributed by atoms with Crippen LogP contribution in [0.5, 0.6) is 0 Å². The van der Waals surface area contributed by atoms with E-state index in [2.05, 4.69) is 6.58 Å². The van der Waals surface area contributed by atoms with Crippen LogP contribution in [0.2, 0.25) is 0 Å². The lowest BCUT2D eigenvalue weighted by Crippen LogP contribution is -2.31. The predicted octanol–water partition coefficient (Wildman–Crippen LogP) is 1.95. The van der Waals surface area contributed by atoms with Gasteiger partial charge in [0.1, 0.15) is 6.54 Å². The van der Waals surface area contributed by atoms with Crippen LogP contribution in [0, 0.1) is 21.7 Å². The number of nitrogens with zero attached hydrogens (tertiary/aromatic N) is 2. The molecule has 0 spiro atoms. The molecule has 1 rings (SSSR count). The molecule has 19 heavy (non-hydrogen) atoms. The Labute approximate surface area is 106 Å². The molecule has 0 aliphatic heterocycles. The lowest BCUT2D eigenvalue weighted by molar-refractivity contribution is -0.384. The molecule has 0 saturated carbocycles. The topological polar surface area (TPSA) is 83.7 Å². The second-order valence-electron chi connectivity index (χ2n) is 3.55. The van der Waals surface area contributed by atoms with Gasteiger partial charge in [-0.15, -0.1) is 6.58 Å². The number of carbonyl (C=O) groups is 1. The van der Waals surface area contributed by atoms with Crippen molar-refractivity contribution in [3.8, 4) is 0 Å². The van der Waals surface area contributed by atoms with E-state index in [0.717, 1.165) is 11.0 Å². The number of carboxylic acids is 1. The fourth-order valence-electron chi connectivity index (χ4n) is 1.53. The average Bonchev–Trinajstić information content (AvgIpc) is 2.31. The summed E-state index contributed by atoms with van der Waals surface area (Å²) < 4.78 is 26.9. The van der Waals surface area contributed by atoms with Crippen molar-refractivity contribution in [2.75, 3.05) is 18.0 Å². The van der Waals surface area contributed by atoms with Crippen molar-refractivity contribution in [2.24, 2.45) is 0 Å². The van der Waals surface area contributed by atoms with Gasteiger partial charge in [0.25, 0.3) is 5.69 Å². The van der Waals surface area contributed by atoms with Gasteiger partial charge in [0.2, 0.25) is 0 Å². The van der Waals surface area contributed by atoms with Crippen LogP contribution in [0.4, 0.5) is 20.2 Å². The minimum atomic E-state index is -1.46. The smallest absolute Gasteiger partial charge is 0.323 e. The van der Waals surface area contributed by atoms with E-state index in [1.807, 2.05) is 0 Å². The summed E-state index contributed by atoms with van der Waals surface area (Å²) in [6.07, 6.45) is 1.23. The van der Waals surface area contributed by atoms with E-state index in [-0.39, 0.29) is 6.54 Å². The lowest BCUT2D eigenvalue weighted by Gasteiger charge is -2.21. The summed E-state index contributed by atoms with van der Waals surface area (Å²) in [4.78, 5) is 21.4. The van der Waals surface area contributed by atoms with Crippen LogP contribution in [0.25, 0.3) is 0 Å². The Balaban J connectivity index is 3.41. The third kappa shape index (κ3) is 3.24. The van der Waals surface area contributed by atoms with Gasteiger partial charge in [-0.2, -0.15) is 0 Å². The molecule has 0 saturated heterocycles. The first-order valence-corrected chi connectivity index (χ1v) is 5.08. The highest BCUT2D eigenvalue weighted by Crippen LogP contribution is 2.32. The van der Waals surface area contributed by atoms with E-state index in [4.69, 9.17) is 5.11 Å². The number of hydrogen-bond acceptors (Lipinski definition) is 4. The van der Waals surface area contributed by atoms with Crippen molar-refractivity contribution in [3.63, 3.8) is 0 Å². The largest absolute Gasteiger partial charge is 0.480 e. The predicted molar refractivity (Wildman–Crippen MR) is 63.1 cm³/mol. The molecule has 6 nitrogen and oxygen atoms in total. The van der Waals surface area contributed by atoms with Gasteiger partial charge in [0.15, 0.2) is 17.3 Å². The first-order chi connectivity index (χ1) is 8.88. The molecule has 1 aromatic rings. The maximum absolute atomic E-state index is 13.7. The van der Waals surface area contributed by atoms with E-state index < -0.39 is 40.4 Å². The normalized spacial score (nSPS) is 10.0. The van der Waals surface area contributed by atoms with Gasteiger partial charge in [0, 0.05) is 12.6 Å². The number of benzene rings is 1. The van der Waals surface area contributed by atoms with Gasteiger partial charge in [-0.25, -0.2) is 8.78 Å². The summed E-state index contributed by atoms with van der Waals surface area (Å²) in [5.74, 6) is -4.09. The molecule has 102 valence electrons. The molecular weight excluding hydrogens is 262 g/mol. The van der Waals surface area contributed by atoms with Gasteiger partial charge in [0.05, 0.1) is 4.92 Å². The third-order valence-electron chi connectivity index (χ3n) is 2.24. The van der Waals surface area contributed by atoms with Crippen LogP contribution in [0.1, 0.15) is 0 Å². The first kappa shape index (κ1) is 14.6. The molecule has 0 unspecified atom stereocenters. The monoisotopic (exact) mass is 272 g/mol. The van der Waals surface area contributed by atoms with Crippen molar-refractivity contribution >= 4 is 17.3 Å². The summed E-state index contributed by atoms with van der Waals surface area (Å²) in [6, 6.07) is 1.40. The molecular formula is C11H10F2N2O4. The molecule has 0 amide bonds. The second-order valence-corrected chi connectivity index (χ2v) is 3.55. The number of halogens is 2. The van der Waals surface area contributed by atoms with Crippen molar-refractivity contribution in [1.29, 1.82) is 0 Å². The molecule has 8 heteroatoms. The number of anilines is 1. The number of hydrogen-bond donors (Lipinski definition) is 1. The van der Waals surface area contributed by atoms with E-state index in [1.54, 1.807) is 0 Å². The highest BCUT2D eigenvalue weighted by Gasteiger charge is 2.27. The zero-order valence-corrected chi connectivity index (χ0v) is 9.68. The molecule has 0 aromatic heterocycles. The van der Waals surface area contributed by atoms with Gasteiger partial charge in [-0.1, -0.05) is 6.08 Å². The van der Waals surface area contributed by atoms with Gasteiger partial charge in [-0.3, -0.25) is 14.9 Å². The summed E-state index contributed by atoms with van der Waals surface area (Å²) in [5, 5.41) is 19.5. The number of aliphatic carboxylic acids is 1. The summed E-state index contributed by atoms with van der Waals surface area (Å²) in [6.45, 7) is 2.45. The van der Waals surface area contributed by atoms with Gasteiger partial charge < -0.3 is 10.0 Å². The van der Waals surface area contributed by atoms with E-state index >= 15 is 0 Å². The molecule has 0 aliphatic carbocycles. The fraction of sp³-hybridized carbons (Fsp3) is 0.182. The number of rotatable bonds is 6. The summed E-state index contributed by atoms with van der Waals surface area (Å²) in [7, 11) is 0. The Morgan fingerprint density at radius 1 is 1.53 bits per heavy atom. The number of nitro benzene ring substituents is 1. The quantitative estimate of drug-likeness (QED) is 0.486. The van der Waals surface area contributed by atoms with Crippen molar-refractivity contribution < 1.29 is 23.6 Å². The van der Waals surface area contributed by atoms with Crippen molar-refractivity contribution in [2.45, 2.75) is 0 Å². The van der Waals surface area contributed by atoms with E-state index in [0.29, 0.717) is 6.07 Å². The maximum Gasteiger partial charge on any atom is 0.323 e. The van der Waals surface area contributed by atoms with E-state index in [9.17, 15) is 23.7 Å². The van der Waals surface area contributed by atoms with Crippen LogP contribution in [-0.4, -0.2) is 29.1 Å². The molecule has 1 N–H and O–H groups in total. The van der Waals surface area contributed by atoms with Gasteiger partial charge >= 0.3 is 5.97 Å². The zero-order valence-electron chi connectivity index (χ0n) is 9.68. The number of carboxylic acid groups (broad SMARTS) is 1. The molecule has 0 aliphatic rings. The Morgan fingerprint density at radius 3 is 2.63 bits per heavy atom. The van der Waals surface area contributed by atoms with Gasteiger partial charge in [-0.05, 0) is 6.07 Å². The fourth-order valence-corrected chi connectivity index (χ4v) is 1.53. The Morgan fingerprint density at radius 2 is 2.16 bits per heavy atom. The molecule has 0 atom stereocenters. The minimum Gasteiger partial charge on any atom is -0.480 e. The summed E-state index contributed by atoms with van der Waals surface area (Å²) >= 11 is 0. The molecule has 1 aromatic carbocycles. The summed E-state index contributed by atoms with van der Waals surface area (Å²) in [5.41, 5.74) is -1.41. The molecule has 0 radical (unpaired) electrons. The highest BCUT2D eigenvalue weighted by molar-refractivity contribution is 5.76. The number of nitro groups is 1. The third-order valence-corrected chi connectivity index (χ3v) is 2.24. The van der Waals surface area contributed by atoms with Crippen LogP contribution in [-0.2, 0) is 4.79 Å². The molecule has 0 bridgehead atoms. The second kappa shape index (κ2) is 5.89. The van der Waals surface area contributed by atoms with Crippen LogP contribution >= 0.6 is 0 Å². The van der Waals surface area contributed by atoms with Crippen molar-refractivity contribution in [3.05, 3.63) is 46.5 Å². The lowest BCUT2D eigenvalue weighted by atomic mass is 10.2. The first-order valence-electron chi connectivity index (χ1n) is 5.08. The standard InChI is InChI=1S/C11H10F2N2O4/c1-2-5-14(6-9(16)17)11-8(15(18)19)4-3-7(12)10(11)13/h2-4H,1,5-6H2,(H,16,17). The van der Waals surface area contributed by atoms with Crippen LogP contribution in [0.15, 0.2) is 24.8 Å². The molecule has 0 heterocycles. The van der Waals surface area contributed by atoms with Crippen LogP contribution < -0.4 is 4.90 Å². The molecule has 0 fully saturated rings. The Kier molecular flexibility index (Phi) is 4.51. The Bertz CT molecular complexity index is 534. The van der Waals surface area contributed by atoms with Crippen LogP contribution in [0.3, 0.4) is 0 Å².